The van der Waals surface area contributed by atoms with Gasteiger partial charge >= 0.3 is 5.97 Å². The average Bonchev–Trinajstić information content (AvgIpc) is 3.21. The molecule has 0 radical (unpaired) electrons. The highest BCUT2D eigenvalue weighted by Gasteiger charge is 2.45. The number of benzene rings is 1. The number of carbonyl (C=O) groups excluding carboxylic acids is 1. The molecule has 0 bridgehead atoms. The van der Waals surface area contributed by atoms with E-state index >= 15 is 0 Å². The maximum atomic E-state index is 13.4. The Labute approximate surface area is 198 Å². The standard InChI is InChI=1S/C28H28N2O4/c1-4-7-8-9-10-18-12-11-17(5-2)24-20(18)13-19-15-30-23(25(19)29-24)14-22-21(26(30)31)16-34-27(32)28(22,33)6-3/h11-14,33H,4-8,15-16H2,1-3H3/t28-/m0/s1. The second-order valence-corrected chi connectivity index (χ2v) is 9.03. The fraction of sp³-hybridized carbons (Fsp3) is 0.393. The molecule has 0 unspecified atom stereocenters. The molecule has 2 aliphatic heterocycles. The zero-order chi connectivity index (χ0) is 24.0. The van der Waals surface area contributed by atoms with Gasteiger partial charge in [0.1, 0.15) is 6.61 Å². The molecule has 1 aromatic carbocycles. The second-order valence-electron chi connectivity index (χ2n) is 9.03. The molecule has 0 spiro atoms. The van der Waals surface area contributed by atoms with Crippen LogP contribution in [0.2, 0.25) is 0 Å². The molecule has 2 aliphatic rings. The number of aryl methyl sites for hydroxylation is 1. The van der Waals surface area contributed by atoms with E-state index in [-0.39, 0.29) is 18.6 Å². The molecule has 2 aromatic heterocycles. The lowest BCUT2D eigenvalue weighted by molar-refractivity contribution is -0.172. The Morgan fingerprint density at radius 2 is 2.03 bits per heavy atom. The van der Waals surface area contributed by atoms with Crippen molar-refractivity contribution in [3.05, 3.63) is 62.4 Å². The van der Waals surface area contributed by atoms with Crippen molar-refractivity contribution >= 4 is 16.9 Å². The molecule has 0 saturated carbocycles. The van der Waals surface area contributed by atoms with Crippen molar-refractivity contribution in [3.63, 3.8) is 0 Å². The number of carbonyl (C=O) groups is 1. The Hall–Kier alpha value is -3.43. The molecule has 3 aromatic rings. The molecule has 4 heterocycles. The maximum Gasteiger partial charge on any atom is 0.343 e. The first kappa shape index (κ1) is 22.4. The van der Waals surface area contributed by atoms with Crippen LogP contribution in [0, 0.1) is 11.8 Å². The SMILES string of the molecule is CCCCC#Cc1ccc(CC)c2nc3c(cc12)Cn1c-3cc2c(c1=O)COC(=O)[C@]2(O)CC. The number of cyclic esters (lactones) is 1. The lowest BCUT2D eigenvalue weighted by Gasteiger charge is -2.31. The summed E-state index contributed by atoms with van der Waals surface area (Å²) >= 11 is 0. The fourth-order valence-corrected chi connectivity index (χ4v) is 4.94. The monoisotopic (exact) mass is 456 g/mol. The smallest absolute Gasteiger partial charge is 0.343 e. The van der Waals surface area contributed by atoms with E-state index in [0.29, 0.717) is 23.4 Å². The molecule has 34 heavy (non-hydrogen) atoms. The highest BCUT2D eigenvalue weighted by molar-refractivity contribution is 5.91. The van der Waals surface area contributed by atoms with Crippen LogP contribution < -0.4 is 5.56 Å². The summed E-state index contributed by atoms with van der Waals surface area (Å²) in [5, 5.41) is 12.1. The molecule has 6 heteroatoms. The zero-order valence-electron chi connectivity index (χ0n) is 19.8. The van der Waals surface area contributed by atoms with E-state index in [1.807, 2.05) is 0 Å². The van der Waals surface area contributed by atoms with E-state index in [2.05, 4.69) is 43.9 Å². The summed E-state index contributed by atoms with van der Waals surface area (Å²) in [5.74, 6) is 5.88. The van der Waals surface area contributed by atoms with Gasteiger partial charge in [-0.2, -0.15) is 0 Å². The first-order valence-corrected chi connectivity index (χ1v) is 12.0. The Kier molecular flexibility index (Phi) is 5.53. The van der Waals surface area contributed by atoms with E-state index in [1.54, 1.807) is 17.6 Å². The fourth-order valence-electron chi connectivity index (χ4n) is 4.94. The third kappa shape index (κ3) is 3.26. The van der Waals surface area contributed by atoms with Gasteiger partial charge in [-0.15, -0.1) is 0 Å². The van der Waals surface area contributed by atoms with Crippen molar-refractivity contribution in [2.24, 2.45) is 0 Å². The molecule has 0 fully saturated rings. The van der Waals surface area contributed by atoms with E-state index in [0.717, 1.165) is 59.0 Å². The average molecular weight is 457 g/mol. The number of nitrogens with zero attached hydrogens (tertiary/aromatic N) is 2. The summed E-state index contributed by atoms with van der Waals surface area (Å²) in [5.41, 5.74) is 3.83. The third-order valence-corrected chi connectivity index (χ3v) is 7.02. The highest BCUT2D eigenvalue weighted by Crippen LogP contribution is 2.39. The number of hydrogen-bond donors (Lipinski definition) is 1. The number of ether oxygens (including phenoxy) is 1. The first-order valence-electron chi connectivity index (χ1n) is 12.0. The normalized spacial score (nSPS) is 18.1. The number of aliphatic hydroxyl groups is 1. The van der Waals surface area contributed by atoms with Crippen LogP contribution in [0.4, 0.5) is 0 Å². The van der Waals surface area contributed by atoms with E-state index < -0.39 is 11.6 Å². The second kappa shape index (κ2) is 8.41. The number of pyridine rings is 2. The van der Waals surface area contributed by atoms with Gasteiger partial charge in [-0.05, 0) is 43.0 Å². The molecule has 0 saturated heterocycles. The van der Waals surface area contributed by atoms with E-state index in [4.69, 9.17) is 9.72 Å². The lowest BCUT2D eigenvalue weighted by Crippen LogP contribution is -2.44. The van der Waals surface area contributed by atoms with Crippen molar-refractivity contribution in [1.29, 1.82) is 0 Å². The highest BCUT2D eigenvalue weighted by atomic mass is 16.6. The van der Waals surface area contributed by atoms with Crippen LogP contribution in [0.25, 0.3) is 22.3 Å². The summed E-state index contributed by atoms with van der Waals surface area (Å²) in [6.45, 7) is 6.22. The van der Waals surface area contributed by atoms with E-state index in [9.17, 15) is 14.7 Å². The summed E-state index contributed by atoms with van der Waals surface area (Å²) in [6.07, 6.45) is 3.99. The molecular formula is C28H28N2O4. The van der Waals surface area contributed by atoms with Gasteiger partial charge < -0.3 is 14.4 Å². The summed E-state index contributed by atoms with van der Waals surface area (Å²) in [7, 11) is 0. The Morgan fingerprint density at radius 3 is 2.76 bits per heavy atom. The molecule has 5 rings (SSSR count). The van der Waals surface area contributed by atoms with Gasteiger partial charge in [0.15, 0.2) is 5.60 Å². The van der Waals surface area contributed by atoms with Crippen molar-refractivity contribution in [2.75, 3.05) is 0 Å². The van der Waals surface area contributed by atoms with E-state index in [1.165, 1.54) is 0 Å². The number of fused-ring (bicyclic) bond motifs is 5. The Balaban J connectivity index is 1.72. The van der Waals surface area contributed by atoms with Crippen molar-refractivity contribution in [1.82, 2.24) is 9.55 Å². The molecule has 0 aliphatic carbocycles. The van der Waals surface area contributed by atoms with Gasteiger partial charge in [0.05, 0.1) is 29.0 Å². The minimum Gasteiger partial charge on any atom is -0.458 e. The molecular weight excluding hydrogens is 428 g/mol. The first-order chi connectivity index (χ1) is 16.4. The number of unbranched alkanes of at least 4 members (excludes halogenated alkanes) is 2. The van der Waals surface area contributed by atoms with Crippen LogP contribution >= 0.6 is 0 Å². The largest absolute Gasteiger partial charge is 0.458 e. The van der Waals surface area contributed by atoms with Crippen molar-refractivity contribution < 1.29 is 14.6 Å². The minimum atomic E-state index is -1.82. The molecule has 6 nitrogen and oxygen atoms in total. The van der Waals surface area contributed by atoms with Crippen LogP contribution in [-0.4, -0.2) is 20.6 Å². The van der Waals surface area contributed by atoms with Gasteiger partial charge in [-0.1, -0.05) is 45.1 Å². The van der Waals surface area contributed by atoms with Gasteiger partial charge in [0.25, 0.3) is 5.56 Å². The summed E-state index contributed by atoms with van der Waals surface area (Å²) < 4.78 is 6.83. The predicted molar refractivity (Wildman–Crippen MR) is 130 cm³/mol. The Bertz CT molecular complexity index is 1460. The quantitative estimate of drug-likeness (QED) is 0.283. The molecule has 174 valence electrons. The van der Waals surface area contributed by atoms with Gasteiger partial charge in [0, 0.05) is 28.5 Å². The van der Waals surface area contributed by atoms with Crippen LogP contribution in [0.15, 0.2) is 29.1 Å². The summed E-state index contributed by atoms with van der Waals surface area (Å²) in [6, 6.07) is 7.99. The van der Waals surface area contributed by atoms with Gasteiger partial charge in [-0.3, -0.25) is 4.79 Å². The predicted octanol–water partition coefficient (Wildman–Crippen LogP) is 4.18. The lowest BCUT2D eigenvalue weighted by atomic mass is 9.86. The topological polar surface area (TPSA) is 81.4 Å². The number of aromatic nitrogens is 2. The molecule has 1 atom stereocenters. The third-order valence-electron chi connectivity index (χ3n) is 7.02. The Morgan fingerprint density at radius 1 is 1.21 bits per heavy atom. The maximum absolute atomic E-state index is 13.4. The number of esters is 1. The van der Waals surface area contributed by atoms with Crippen LogP contribution in [0.3, 0.4) is 0 Å². The van der Waals surface area contributed by atoms with Crippen molar-refractivity contribution in [3.8, 4) is 23.2 Å². The minimum absolute atomic E-state index is 0.125. The number of rotatable bonds is 4. The van der Waals surface area contributed by atoms with Crippen LogP contribution in [0.5, 0.6) is 0 Å². The number of hydrogen-bond acceptors (Lipinski definition) is 5. The van der Waals surface area contributed by atoms with Gasteiger partial charge in [-0.25, -0.2) is 9.78 Å². The van der Waals surface area contributed by atoms with Crippen LogP contribution in [0.1, 0.15) is 74.3 Å². The molecule has 0 amide bonds. The van der Waals surface area contributed by atoms with Crippen molar-refractivity contribution in [2.45, 2.75) is 71.6 Å². The summed E-state index contributed by atoms with van der Waals surface area (Å²) in [4.78, 5) is 30.8. The zero-order valence-corrected chi connectivity index (χ0v) is 19.8. The molecule has 1 N–H and O–H groups in total. The van der Waals surface area contributed by atoms with Crippen LogP contribution in [-0.2, 0) is 34.7 Å². The van der Waals surface area contributed by atoms with Gasteiger partial charge in [0.2, 0.25) is 0 Å².